The first-order valence-corrected chi connectivity index (χ1v) is 12.2. The van der Waals surface area contributed by atoms with E-state index in [4.69, 9.17) is 4.74 Å². The van der Waals surface area contributed by atoms with Crippen LogP contribution in [0.3, 0.4) is 0 Å². The van der Waals surface area contributed by atoms with Crippen LogP contribution >= 0.6 is 0 Å². The van der Waals surface area contributed by atoms with Crippen LogP contribution in [0.4, 0.5) is 4.39 Å². The van der Waals surface area contributed by atoms with Gasteiger partial charge in [0, 0.05) is 36.3 Å². The van der Waals surface area contributed by atoms with Crippen molar-refractivity contribution in [1.29, 1.82) is 0 Å². The summed E-state index contributed by atoms with van der Waals surface area (Å²) in [5.41, 5.74) is 3.09. The fraction of sp³-hybridized carbons (Fsp3) is 0.462. The molecule has 184 valence electrons. The number of carbonyl (C=O) groups excluding carboxylic acids is 2. The van der Waals surface area contributed by atoms with Crippen LogP contribution in [-0.2, 0) is 4.79 Å². The summed E-state index contributed by atoms with van der Waals surface area (Å²) in [4.78, 5) is 39.4. The molecular formula is C26H30FN5O3. The molecule has 35 heavy (non-hydrogen) atoms. The molecule has 1 aliphatic heterocycles. The number of nitrogens with one attached hydrogen (secondary N) is 2. The van der Waals surface area contributed by atoms with Crippen LogP contribution in [0, 0.1) is 18.7 Å². The summed E-state index contributed by atoms with van der Waals surface area (Å²) >= 11 is 0. The van der Waals surface area contributed by atoms with Gasteiger partial charge in [-0.2, -0.15) is 0 Å². The van der Waals surface area contributed by atoms with Crippen LogP contribution in [0.15, 0.2) is 24.5 Å². The number of benzene rings is 1. The molecule has 9 heteroatoms. The highest BCUT2D eigenvalue weighted by Crippen LogP contribution is 2.36. The lowest BCUT2D eigenvalue weighted by atomic mass is 10.1. The molecule has 5 rings (SSSR count). The Morgan fingerprint density at radius 2 is 2.09 bits per heavy atom. The van der Waals surface area contributed by atoms with Crippen LogP contribution in [0.5, 0.6) is 5.75 Å². The maximum Gasteiger partial charge on any atom is 0.255 e. The van der Waals surface area contributed by atoms with Gasteiger partial charge in [-0.25, -0.2) is 14.4 Å². The van der Waals surface area contributed by atoms with Gasteiger partial charge in [0.2, 0.25) is 5.91 Å². The molecule has 1 aliphatic carbocycles. The Kier molecular flexibility index (Phi) is 6.17. The molecule has 3 aromatic rings. The number of amides is 2. The van der Waals surface area contributed by atoms with Crippen molar-refractivity contribution in [2.45, 2.75) is 58.5 Å². The summed E-state index contributed by atoms with van der Waals surface area (Å²) in [6, 6.07) is 4.34. The summed E-state index contributed by atoms with van der Waals surface area (Å²) in [5.74, 6) is 0.532. The first kappa shape index (κ1) is 23.3. The quantitative estimate of drug-likeness (QED) is 0.534. The van der Waals surface area contributed by atoms with Crippen LogP contribution in [0.25, 0.3) is 22.3 Å². The van der Waals surface area contributed by atoms with Gasteiger partial charge in [-0.1, -0.05) is 6.92 Å². The predicted octanol–water partition coefficient (Wildman–Crippen LogP) is 3.99. The van der Waals surface area contributed by atoms with Crippen molar-refractivity contribution in [3.05, 3.63) is 41.6 Å². The number of aryl methyl sites for hydroxylation is 1. The summed E-state index contributed by atoms with van der Waals surface area (Å²) in [6.07, 6.45) is 4.82. The highest BCUT2D eigenvalue weighted by atomic mass is 19.1. The number of nitrogens with zero attached hydrogens (tertiary/aromatic N) is 3. The lowest BCUT2D eigenvalue weighted by molar-refractivity contribution is -0.131. The molecule has 2 amide bonds. The molecule has 2 atom stereocenters. The van der Waals surface area contributed by atoms with Gasteiger partial charge in [-0.05, 0) is 57.2 Å². The number of likely N-dealkylation sites (tertiary alicyclic amines) is 1. The minimum atomic E-state index is -0.395. The zero-order chi connectivity index (χ0) is 24.7. The molecule has 0 spiro atoms. The van der Waals surface area contributed by atoms with Gasteiger partial charge < -0.3 is 19.9 Å². The molecule has 2 N–H and O–H groups in total. The number of hydrogen-bond acceptors (Lipinski definition) is 5. The van der Waals surface area contributed by atoms with E-state index in [2.05, 4.69) is 20.3 Å². The number of rotatable bonds is 7. The topological polar surface area (TPSA) is 100 Å². The molecule has 1 saturated carbocycles. The van der Waals surface area contributed by atoms with Gasteiger partial charge in [0.25, 0.3) is 5.91 Å². The van der Waals surface area contributed by atoms with E-state index in [-0.39, 0.29) is 23.9 Å². The highest BCUT2D eigenvalue weighted by molar-refractivity contribution is 6.09. The van der Waals surface area contributed by atoms with E-state index < -0.39 is 5.82 Å². The Bertz CT molecular complexity index is 1290. The second-order valence-electron chi connectivity index (χ2n) is 9.62. The number of aromatic nitrogens is 3. The predicted molar refractivity (Wildman–Crippen MR) is 130 cm³/mol. The Hall–Kier alpha value is -3.49. The summed E-state index contributed by atoms with van der Waals surface area (Å²) < 4.78 is 20.2. The highest BCUT2D eigenvalue weighted by Gasteiger charge is 2.33. The maximum atomic E-state index is 14.2. The second kappa shape index (κ2) is 9.28. The van der Waals surface area contributed by atoms with Gasteiger partial charge in [-0.15, -0.1) is 0 Å². The molecule has 3 heterocycles. The van der Waals surface area contributed by atoms with Gasteiger partial charge >= 0.3 is 0 Å². The lowest BCUT2D eigenvalue weighted by Crippen LogP contribution is -2.39. The molecule has 0 radical (unpaired) electrons. The Morgan fingerprint density at radius 1 is 1.29 bits per heavy atom. The largest absolute Gasteiger partial charge is 0.493 e. The van der Waals surface area contributed by atoms with Crippen LogP contribution in [0.2, 0.25) is 0 Å². The molecule has 8 nitrogen and oxygen atoms in total. The van der Waals surface area contributed by atoms with Crippen LogP contribution in [0.1, 0.15) is 55.6 Å². The molecule has 1 saturated heterocycles. The van der Waals surface area contributed by atoms with Crippen molar-refractivity contribution in [3.63, 3.8) is 0 Å². The fourth-order valence-electron chi connectivity index (χ4n) is 4.85. The zero-order valence-corrected chi connectivity index (χ0v) is 20.2. The average molecular weight is 480 g/mol. The molecule has 0 unspecified atom stereocenters. The third-order valence-corrected chi connectivity index (χ3v) is 6.90. The Labute approximate surface area is 203 Å². The van der Waals surface area contributed by atoms with Gasteiger partial charge in [0.1, 0.15) is 29.1 Å². The molecule has 2 aliphatic rings. The summed E-state index contributed by atoms with van der Waals surface area (Å²) in [6.45, 7) is 6.72. The van der Waals surface area contributed by atoms with E-state index in [0.29, 0.717) is 71.2 Å². The van der Waals surface area contributed by atoms with E-state index in [0.717, 1.165) is 12.8 Å². The number of H-pyrrole nitrogens is 1. The van der Waals surface area contributed by atoms with Crippen molar-refractivity contribution in [2.75, 3.05) is 13.2 Å². The number of halogens is 1. The number of hydrogen-bond donors (Lipinski definition) is 2. The molecular weight excluding hydrogens is 449 g/mol. The number of ether oxygens (including phenoxy) is 1. The standard InChI is InChI=1S/C26H30FN5O3/c1-4-21(33)32-11-18(9-14(32)2)31-26(34)22-15(3)30-25-23(28-13-29-24(22)25)19-10-17(27)7-8-20(19)35-12-16-5-6-16/h7-8,10,13-14,16,18,30H,4-6,9,11-12H2,1-3H3,(H,31,34)/t14-,18-/m1/s1. The first-order valence-electron chi connectivity index (χ1n) is 12.2. The van der Waals surface area contributed by atoms with E-state index >= 15 is 0 Å². The van der Waals surface area contributed by atoms with E-state index in [9.17, 15) is 14.0 Å². The summed E-state index contributed by atoms with van der Waals surface area (Å²) in [7, 11) is 0. The minimum Gasteiger partial charge on any atom is -0.493 e. The lowest BCUT2D eigenvalue weighted by Gasteiger charge is -2.20. The van der Waals surface area contributed by atoms with Crippen molar-refractivity contribution < 1.29 is 18.7 Å². The molecule has 0 bridgehead atoms. The fourth-order valence-corrected chi connectivity index (χ4v) is 4.85. The first-order chi connectivity index (χ1) is 16.9. The van der Waals surface area contributed by atoms with Crippen molar-refractivity contribution in [2.24, 2.45) is 5.92 Å². The Morgan fingerprint density at radius 3 is 2.83 bits per heavy atom. The maximum absolute atomic E-state index is 14.2. The van der Waals surface area contributed by atoms with Crippen LogP contribution in [-0.4, -0.2) is 56.9 Å². The van der Waals surface area contributed by atoms with Gasteiger partial charge in [0.05, 0.1) is 17.7 Å². The third kappa shape index (κ3) is 4.59. The van der Waals surface area contributed by atoms with Gasteiger partial charge in [-0.3, -0.25) is 9.59 Å². The molecule has 2 aromatic heterocycles. The van der Waals surface area contributed by atoms with Crippen molar-refractivity contribution >= 4 is 22.8 Å². The van der Waals surface area contributed by atoms with E-state index in [1.807, 2.05) is 18.7 Å². The van der Waals surface area contributed by atoms with Crippen LogP contribution < -0.4 is 10.1 Å². The zero-order valence-electron chi connectivity index (χ0n) is 20.2. The third-order valence-electron chi connectivity index (χ3n) is 6.90. The number of carbonyl (C=O) groups is 2. The second-order valence-corrected chi connectivity index (χ2v) is 9.62. The minimum absolute atomic E-state index is 0.0766. The van der Waals surface area contributed by atoms with Crippen molar-refractivity contribution in [3.8, 4) is 17.0 Å². The summed E-state index contributed by atoms with van der Waals surface area (Å²) in [5, 5.41) is 3.08. The number of fused-ring (bicyclic) bond motifs is 1. The smallest absolute Gasteiger partial charge is 0.255 e. The Balaban J connectivity index is 1.45. The molecule has 1 aromatic carbocycles. The average Bonchev–Trinajstić information content (AvgIpc) is 3.50. The molecule has 2 fully saturated rings. The normalized spacial score (nSPS) is 19.8. The van der Waals surface area contributed by atoms with Crippen molar-refractivity contribution in [1.82, 2.24) is 25.2 Å². The monoisotopic (exact) mass is 479 g/mol. The SMILES string of the molecule is CCC(=O)N1C[C@H](NC(=O)c2c(C)[nH]c3c(-c4cc(F)ccc4OCC4CC4)ncnc23)C[C@H]1C. The van der Waals surface area contributed by atoms with E-state index in [1.54, 1.807) is 13.0 Å². The number of aromatic amines is 1. The van der Waals surface area contributed by atoms with E-state index in [1.165, 1.54) is 18.5 Å². The van der Waals surface area contributed by atoms with Gasteiger partial charge in [0.15, 0.2) is 0 Å².